The van der Waals surface area contributed by atoms with Crippen LogP contribution in [0.5, 0.6) is 0 Å². The maximum Gasteiger partial charge on any atom is 0.00106 e. The van der Waals surface area contributed by atoms with Crippen LogP contribution >= 0.6 is 12.4 Å². The van der Waals surface area contributed by atoms with Gasteiger partial charge in [0.1, 0.15) is 0 Å². The van der Waals surface area contributed by atoms with E-state index in [1.165, 1.54) is 58.4 Å². The Labute approximate surface area is 113 Å². The number of hydrogen-bond acceptors (Lipinski definition) is 2. The van der Waals surface area contributed by atoms with Crippen molar-refractivity contribution in [1.29, 1.82) is 0 Å². The summed E-state index contributed by atoms with van der Waals surface area (Å²) >= 11 is 0. The quantitative estimate of drug-likeness (QED) is 0.840. The van der Waals surface area contributed by atoms with E-state index in [1.807, 2.05) is 0 Å². The van der Waals surface area contributed by atoms with Gasteiger partial charge in [0.25, 0.3) is 0 Å². The SMILES string of the molecule is CC(C)C1CCN(CC2CCNCC2)CC1.Cl. The van der Waals surface area contributed by atoms with Crippen LogP contribution in [-0.2, 0) is 0 Å². The summed E-state index contributed by atoms with van der Waals surface area (Å²) in [6, 6.07) is 0. The average Bonchev–Trinajstić information content (AvgIpc) is 2.31. The topological polar surface area (TPSA) is 15.3 Å². The Morgan fingerprint density at radius 2 is 1.65 bits per heavy atom. The molecular formula is C14H29ClN2. The number of rotatable bonds is 3. The van der Waals surface area contributed by atoms with Crippen LogP contribution in [0.1, 0.15) is 39.5 Å². The van der Waals surface area contributed by atoms with Crippen molar-refractivity contribution in [2.75, 3.05) is 32.7 Å². The zero-order valence-electron chi connectivity index (χ0n) is 11.5. The van der Waals surface area contributed by atoms with Crippen LogP contribution in [-0.4, -0.2) is 37.6 Å². The smallest absolute Gasteiger partial charge is 0.00106 e. The zero-order valence-corrected chi connectivity index (χ0v) is 12.3. The molecule has 0 aromatic rings. The lowest BCUT2D eigenvalue weighted by atomic mass is 9.86. The predicted octanol–water partition coefficient (Wildman–Crippen LogP) is 2.78. The molecule has 3 heteroatoms. The first-order valence-electron chi connectivity index (χ1n) is 7.19. The maximum absolute atomic E-state index is 3.46. The monoisotopic (exact) mass is 260 g/mol. The molecule has 2 rings (SSSR count). The van der Waals surface area contributed by atoms with Crippen LogP contribution in [0.3, 0.4) is 0 Å². The minimum Gasteiger partial charge on any atom is -0.317 e. The summed E-state index contributed by atoms with van der Waals surface area (Å²) in [6.07, 6.45) is 5.65. The first-order valence-corrected chi connectivity index (χ1v) is 7.19. The number of hydrogen-bond donors (Lipinski definition) is 1. The van der Waals surface area contributed by atoms with E-state index in [4.69, 9.17) is 0 Å². The lowest BCUT2D eigenvalue weighted by Crippen LogP contribution is -2.40. The van der Waals surface area contributed by atoms with E-state index in [0.29, 0.717) is 0 Å². The fourth-order valence-corrected chi connectivity index (χ4v) is 3.23. The van der Waals surface area contributed by atoms with E-state index >= 15 is 0 Å². The van der Waals surface area contributed by atoms with Crippen molar-refractivity contribution in [2.24, 2.45) is 17.8 Å². The normalized spacial score (nSPS) is 24.9. The van der Waals surface area contributed by atoms with E-state index < -0.39 is 0 Å². The van der Waals surface area contributed by atoms with Gasteiger partial charge >= 0.3 is 0 Å². The van der Waals surface area contributed by atoms with Crippen LogP contribution in [0.25, 0.3) is 0 Å². The van der Waals surface area contributed by atoms with Gasteiger partial charge in [-0.25, -0.2) is 0 Å². The summed E-state index contributed by atoms with van der Waals surface area (Å²) in [5.74, 6) is 2.85. The molecule has 2 aliphatic heterocycles. The van der Waals surface area contributed by atoms with Gasteiger partial charge in [0.2, 0.25) is 0 Å². The molecule has 2 nitrogen and oxygen atoms in total. The third-order valence-corrected chi connectivity index (χ3v) is 4.55. The number of nitrogens with one attached hydrogen (secondary N) is 1. The Kier molecular flexibility index (Phi) is 6.83. The van der Waals surface area contributed by atoms with Gasteiger partial charge in [0.15, 0.2) is 0 Å². The Bertz CT molecular complexity index is 194. The lowest BCUT2D eigenvalue weighted by molar-refractivity contribution is 0.130. The molecule has 17 heavy (non-hydrogen) atoms. The van der Waals surface area contributed by atoms with Gasteiger partial charge in [-0.05, 0) is 69.6 Å². The summed E-state index contributed by atoms with van der Waals surface area (Å²) in [5.41, 5.74) is 0. The summed E-state index contributed by atoms with van der Waals surface area (Å²) in [4.78, 5) is 2.72. The molecule has 0 aromatic heterocycles. The van der Waals surface area contributed by atoms with Gasteiger partial charge in [0.05, 0.1) is 0 Å². The standard InChI is InChI=1S/C14H28N2.ClH/c1-12(2)14-5-9-16(10-6-14)11-13-3-7-15-8-4-13;/h12-15H,3-11H2,1-2H3;1H. The van der Waals surface area contributed by atoms with Gasteiger partial charge < -0.3 is 10.2 Å². The molecule has 0 spiro atoms. The fraction of sp³-hybridized carbons (Fsp3) is 1.00. The van der Waals surface area contributed by atoms with Crippen LogP contribution in [0.4, 0.5) is 0 Å². The van der Waals surface area contributed by atoms with Crippen LogP contribution in [0.15, 0.2) is 0 Å². The van der Waals surface area contributed by atoms with E-state index in [1.54, 1.807) is 0 Å². The molecule has 0 radical (unpaired) electrons. The number of piperidine rings is 2. The molecule has 2 saturated heterocycles. The second kappa shape index (κ2) is 7.60. The number of halogens is 1. The number of likely N-dealkylation sites (tertiary alicyclic amines) is 1. The van der Waals surface area contributed by atoms with Crippen molar-refractivity contribution in [3.05, 3.63) is 0 Å². The van der Waals surface area contributed by atoms with Gasteiger partial charge in [-0.1, -0.05) is 13.8 Å². The van der Waals surface area contributed by atoms with Crippen molar-refractivity contribution >= 4 is 12.4 Å². The Hall–Kier alpha value is 0.210. The highest BCUT2D eigenvalue weighted by atomic mass is 35.5. The van der Waals surface area contributed by atoms with Crippen molar-refractivity contribution in [1.82, 2.24) is 10.2 Å². The van der Waals surface area contributed by atoms with Crippen molar-refractivity contribution in [2.45, 2.75) is 39.5 Å². The molecule has 0 amide bonds. The minimum absolute atomic E-state index is 0. The zero-order chi connectivity index (χ0) is 11.4. The molecule has 0 atom stereocenters. The van der Waals surface area contributed by atoms with E-state index in [2.05, 4.69) is 24.1 Å². The van der Waals surface area contributed by atoms with Gasteiger partial charge in [-0.3, -0.25) is 0 Å². The van der Waals surface area contributed by atoms with E-state index in [-0.39, 0.29) is 12.4 Å². The second-order valence-corrected chi connectivity index (χ2v) is 6.08. The Balaban J connectivity index is 0.00000144. The van der Waals surface area contributed by atoms with Crippen LogP contribution in [0, 0.1) is 17.8 Å². The molecule has 0 aromatic carbocycles. The molecule has 102 valence electrons. The Morgan fingerprint density at radius 3 is 2.18 bits per heavy atom. The van der Waals surface area contributed by atoms with Gasteiger partial charge in [-0.15, -0.1) is 12.4 Å². The predicted molar refractivity (Wildman–Crippen MR) is 76.8 cm³/mol. The molecule has 0 unspecified atom stereocenters. The molecular weight excluding hydrogens is 232 g/mol. The van der Waals surface area contributed by atoms with Crippen molar-refractivity contribution in [3.63, 3.8) is 0 Å². The van der Waals surface area contributed by atoms with E-state index in [0.717, 1.165) is 17.8 Å². The van der Waals surface area contributed by atoms with Gasteiger partial charge in [-0.2, -0.15) is 0 Å². The highest BCUT2D eigenvalue weighted by Crippen LogP contribution is 2.25. The van der Waals surface area contributed by atoms with Crippen molar-refractivity contribution < 1.29 is 0 Å². The molecule has 0 bridgehead atoms. The van der Waals surface area contributed by atoms with Gasteiger partial charge in [0, 0.05) is 6.54 Å². The fourth-order valence-electron chi connectivity index (χ4n) is 3.23. The highest BCUT2D eigenvalue weighted by molar-refractivity contribution is 5.85. The summed E-state index contributed by atoms with van der Waals surface area (Å²) < 4.78 is 0. The maximum atomic E-state index is 3.46. The van der Waals surface area contributed by atoms with Crippen LogP contribution < -0.4 is 5.32 Å². The minimum atomic E-state index is 0. The summed E-state index contributed by atoms with van der Waals surface area (Å²) in [7, 11) is 0. The molecule has 1 N–H and O–H groups in total. The molecule has 2 aliphatic rings. The van der Waals surface area contributed by atoms with Crippen molar-refractivity contribution in [3.8, 4) is 0 Å². The molecule has 0 aliphatic carbocycles. The number of nitrogens with zero attached hydrogens (tertiary/aromatic N) is 1. The first kappa shape index (κ1) is 15.3. The summed E-state index contributed by atoms with van der Waals surface area (Å²) in [5, 5.41) is 3.46. The van der Waals surface area contributed by atoms with Crippen LogP contribution in [0.2, 0.25) is 0 Å². The molecule has 2 fully saturated rings. The molecule has 0 saturated carbocycles. The third kappa shape index (κ3) is 4.76. The lowest BCUT2D eigenvalue weighted by Gasteiger charge is -2.36. The average molecular weight is 261 g/mol. The Morgan fingerprint density at radius 1 is 1.06 bits per heavy atom. The highest BCUT2D eigenvalue weighted by Gasteiger charge is 2.23. The largest absolute Gasteiger partial charge is 0.317 e. The van der Waals surface area contributed by atoms with E-state index in [9.17, 15) is 0 Å². The second-order valence-electron chi connectivity index (χ2n) is 6.08. The summed E-state index contributed by atoms with van der Waals surface area (Å²) in [6.45, 7) is 11.3. The molecule has 2 heterocycles. The third-order valence-electron chi connectivity index (χ3n) is 4.55. The first-order chi connectivity index (χ1) is 7.75.